The fourth-order valence-corrected chi connectivity index (χ4v) is 3.15. The Bertz CT molecular complexity index is 988. The van der Waals surface area contributed by atoms with Crippen LogP contribution in [0.3, 0.4) is 0 Å². The number of nitrogens with one attached hydrogen (secondary N) is 1. The lowest BCUT2D eigenvalue weighted by molar-refractivity contribution is 0.0684. The van der Waals surface area contributed by atoms with E-state index >= 15 is 0 Å². The predicted octanol–water partition coefficient (Wildman–Crippen LogP) is 4.60. The molecular weight excluding hydrogens is 366 g/mol. The van der Waals surface area contributed by atoms with Gasteiger partial charge in [0.05, 0.1) is 11.9 Å². The number of hydrogen-bond acceptors (Lipinski definition) is 5. The van der Waals surface area contributed by atoms with Crippen LogP contribution in [0.2, 0.25) is 0 Å². The molecule has 1 aromatic heterocycles. The number of hydrogen-bond donors (Lipinski definition) is 1. The average molecular weight is 389 g/mol. The number of anilines is 2. The number of fused-ring (bicyclic) bond motifs is 1. The predicted molar refractivity (Wildman–Crippen MR) is 112 cm³/mol. The molecule has 1 aliphatic rings. The molecule has 1 N–H and O–H groups in total. The first kappa shape index (κ1) is 18.8. The molecule has 0 saturated heterocycles. The van der Waals surface area contributed by atoms with Crippen molar-refractivity contribution < 1.29 is 14.3 Å². The second-order valence-electron chi connectivity index (χ2n) is 7.14. The Balaban J connectivity index is 1.46. The fourth-order valence-electron chi connectivity index (χ4n) is 3.15. The van der Waals surface area contributed by atoms with Crippen molar-refractivity contribution in [3.05, 3.63) is 78.1 Å². The van der Waals surface area contributed by atoms with E-state index in [-0.39, 0.29) is 18.7 Å². The quantitative estimate of drug-likeness (QED) is 0.667. The highest BCUT2D eigenvalue weighted by atomic mass is 16.7. The van der Waals surface area contributed by atoms with Crippen LogP contribution in [0.1, 0.15) is 29.9 Å². The van der Waals surface area contributed by atoms with Crippen molar-refractivity contribution in [2.75, 3.05) is 12.1 Å². The van der Waals surface area contributed by atoms with Gasteiger partial charge in [-0.05, 0) is 43.7 Å². The molecule has 6 nitrogen and oxygen atoms in total. The van der Waals surface area contributed by atoms with Crippen molar-refractivity contribution in [2.45, 2.75) is 26.4 Å². The van der Waals surface area contributed by atoms with E-state index in [0.717, 1.165) is 22.7 Å². The van der Waals surface area contributed by atoms with Gasteiger partial charge in [0.25, 0.3) is 5.91 Å². The lowest BCUT2D eigenvalue weighted by Crippen LogP contribution is -2.36. The van der Waals surface area contributed by atoms with Crippen molar-refractivity contribution in [3.63, 3.8) is 0 Å². The van der Waals surface area contributed by atoms with Crippen LogP contribution in [0.4, 0.5) is 11.4 Å². The van der Waals surface area contributed by atoms with Crippen LogP contribution < -0.4 is 14.8 Å². The van der Waals surface area contributed by atoms with Gasteiger partial charge in [0.15, 0.2) is 11.5 Å². The summed E-state index contributed by atoms with van der Waals surface area (Å²) >= 11 is 0. The molecule has 2 aromatic carbocycles. The zero-order valence-corrected chi connectivity index (χ0v) is 16.5. The zero-order valence-electron chi connectivity index (χ0n) is 16.5. The number of rotatable bonds is 6. The fraction of sp³-hybridized carbons (Fsp3) is 0.217. The maximum Gasteiger partial charge on any atom is 0.272 e. The van der Waals surface area contributed by atoms with Crippen LogP contribution in [0.15, 0.2) is 66.9 Å². The molecule has 148 valence electrons. The van der Waals surface area contributed by atoms with Crippen molar-refractivity contribution in [1.29, 1.82) is 0 Å². The van der Waals surface area contributed by atoms with Crippen LogP contribution in [0.25, 0.3) is 0 Å². The Hall–Kier alpha value is -3.54. The topological polar surface area (TPSA) is 63.7 Å². The number of carbonyl (C=O) groups excluding carboxylic acids is 1. The number of benzene rings is 2. The third kappa shape index (κ3) is 4.32. The number of nitrogens with zero attached hydrogens (tertiary/aromatic N) is 2. The van der Waals surface area contributed by atoms with Crippen LogP contribution in [0, 0.1) is 0 Å². The molecule has 0 unspecified atom stereocenters. The molecule has 3 aromatic rings. The van der Waals surface area contributed by atoms with Gasteiger partial charge in [0.1, 0.15) is 5.69 Å². The Labute approximate surface area is 170 Å². The van der Waals surface area contributed by atoms with Crippen molar-refractivity contribution in [3.8, 4) is 11.5 Å². The van der Waals surface area contributed by atoms with Gasteiger partial charge < -0.3 is 19.7 Å². The van der Waals surface area contributed by atoms with Crippen LogP contribution in [-0.2, 0) is 6.54 Å². The van der Waals surface area contributed by atoms with E-state index in [2.05, 4.69) is 10.3 Å². The highest BCUT2D eigenvalue weighted by Gasteiger charge is 2.20. The molecule has 4 rings (SSSR count). The summed E-state index contributed by atoms with van der Waals surface area (Å²) in [6.45, 7) is 4.81. The Morgan fingerprint density at radius 3 is 2.52 bits per heavy atom. The Morgan fingerprint density at radius 2 is 1.79 bits per heavy atom. The van der Waals surface area contributed by atoms with Crippen molar-refractivity contribution >= 4 is 17.3 Å². The van der Waals surface area contributed by atoms with Gasteiger partial charge in [0.2, 0.25) is 6.79 Å². The first-order valence-electron chi connectivity index (χ1n) is 9.58. The molecule has 0 bridgehead atoms. The number of pyridine rings is 1. The van der Waals surface area contributed by atoms with Gasteiger partial charge in [0, 0.05) is 24.3 Å². The average Bonchev–Trinajstić information content (AvgIpc) is 3.20. The molecule has 0 saturated carbocycles. The normalized spacial score (nSPS) is 12.1. The van der Waals surface area contributed by atoms with Gasteiger partial charge in [-0.2, -0.15) is 0 Å². The first-order valence-corrected chi connectivity index (χ1v) is 9.58. The smallest absolute Gasteiger partial charge is 0.272 e. The molecule has 6 heteroatoms. The van der Waals surface area contributed by atoms with Gasteiger partial charge in [-0.1, -0.05) is 30.3 Å². The van der Waals surface area contributed by atoms with E-state index in [4.69, 9.17) is 9.47 Å². The van der Waals surface area contributed by atoms with Crippen molar-refractivity contribution in [2.24, 2.45) is 0 Å². The third-order valence-electron chi connectivity index (χ3n) is 4.72. The molecule has 29 heavy (non-hydrogen) atoms. The molecule has 2 heterocycles. The third-order valence-corrected chi connectivity index (χ3v) is 4.72. The Kier molecular flexibility index (Phi) is 5.33. The highest BCUT2D eigenvalue weighted by molar-refractivity contribution is 5.92. The molecule has 0 aliphatic carbocycles. The molecule has 0 atom stereocenters. The van der Waals surface area contributed by atoms with Crippen molar-refractivity contribution in [1.82, 2.24) is 9.88 Å². The summed E-state index contributed by atoms with van der Waals surface area (Å²) in [5.41, 5.74) is 3.17. The maximum absolute atomic E-state index is 13.0. The first-order chi connectivity index (χ1) is 14.1. The second-order valence-corrected chi connectivity index (χ2v) is 7.14. The van der Waals surface area contributed by atoms with Gasteiger partial charge in [-0.15, -0.1) is 0 Å². The second kappa shape index (κ2) is 8.22. The lowest BCUT2D eigenvalue weighted by Gasteiger charge is -2.26. The number of amides is 1. The summed E-state index contributed by atoms with van der Waals surface area (Å²) < 4.78 is 10.7. The van der Waals surface area contributed by atoms with E-state index in [1.165, 1.54) is 0 Å². The van der Waals surface area contributed by atoms with Gasteiger partial charge in [-0.25, -0.2) is 4.98 Å². The highest BCUT2D eigenvalue weighted by Crippen LogP contribution is 2.35. The largest absolute Gasteiger partial charge is 0.454 e. The standard InChI is InChI=1S/C23H23N3O3/c1-16(2)26(14-17-6-4-3-5-7-17)23(27)20-10-8-19(13-24-20)25-18-9-11-21-22(12-18)29-15-28-21/h3-13,16,25H,14-15H2,1-2H3. The van der Waals surface area contributed by atoms with E-state index < -0.39 is 0 Å². The Morgan fingerprint density at radius 1 is 1.03 bits per heavy atom. The van der Waals surface area contributed by atoms with Crippen LogP contribution >= 0.6 is 0 Å². The zero-order chi connectivity index (χ0) is 20.2. The van der Waals surface area contributed by atoms with E-state index in [1.807, 2.05) is 73.3 Å². The minimum absolute atomic E-state index is 0.0657. The molecular formula is C23H23N3O3. The van der Waals surface area contributed by atoms with E-state index in [9.17, 15) is 4.79 Å². The van der Waals surface area contributed by atoms with Crippen LogP contribution in [-0.4, -0.2) is 28.6 Å². The minimum Gasteiger partial charge on any atom is -0.454 e. The molecule has 1 amide bonds. The van der Waals surface area contributed by atoms with Crippen LogP contribution in [0.5, 0.6) is 11.5 Å². The lowest BCUT2D eigenvalue weighted by atomic mass is 10.1. The summed E-state index contributed by atoms with van der Waals surface area (Å²) in [5.74, 6) is 1.36. The molecule has 0 radical (unpaired) electrons. The maximum atomic E-state index is 13.0. The monoisotopic (exact) mass is 389 g/mol. The number of ether oxygens (including phenoxy) is 2. The molecule has 0 spiro atoms. The summed E-state index contributed by atoms with van der Waals surface area (Å²) in [5, 5.41) is 3.27. The summed E-state index contributed by atoms with van der Waals surface area (Å²) in [6, 6.07) is 19.3. The molecule has 0 fully saturated rings. The minimum atomic E-state index is -0.0847. The van der Waals surface area contributed by atoms with Gasteiger partial charge >= 0.3 is 0 Å². The molecule has 1 aliphatic heterocycles. The van der Waals surface area contributed by atoms with Gasteiger partial charge in [-0.3, -0.25) is 4.79 Å². The SMILES string of the molecule is CC(C)N(Cc1ccccc1)C(=O)c1ccc(Nc2ccc3c(c2)OCO3)cn1. The summed E-state index contributed by atoms with van der Waals surface area (Å²) in [4.78, 5) is 19.2. The number of aromatic nitrogens is 1. The van der Waals surface area contributed by atoms with E-state index in [1.54, 1.807) is 12.3 Å². The number of carbonyl (C=O) groups is 1. The van der Waals surface area contributed by atoms with E-state index in [0.29, 0.717) is 18.0 Å². The summed E-state index contributed by atoms with van der Waals surface area (Å²) in [7, 11) is 0. The summed E-state index contributed by atoms with van der Waals surface area (Å²) in [6.07, 6.45) is 1.67.